The Bertz CT molecular complexity index is 649. The van der Waals surface area contributed by atoms with Crippen molar-refractivity contribution in [1.29, 1.82) is 0 Å². The maximum absolute atomic E-state index is 10.4. The first-order valence-electron chi connectivity index (χ1n) is 12.5. The lowest BCUT2D eigenvalue weighted by molar-refractivity contribution is -0.700. The Morgan fingerprint density at radius 1 is 0.793 bits per heavy atom. The van der Waals surface area contributed by atoms with Crippen LogP contribution in [0.3, 0.4) is 0 Å². The van der Waals surface area contributed by atoms with Crippen molar-refractivity contribution in [3.05, 3.63) is 30.3 Å². The summed E-state index contributed by atoms with van der Waals surface area (Å²) in [4.78, 5) is 0. The summed E-state index contributed by atoms with van der Waals surface area (Å²) >= 11 is 0. The van der Waals surface area contributed by atoms with E-state index < -0.39 is 0 Å². The Labute approximate surface area is 176 Å². The number of quaternary nitrogens is 1. The molecule has 0 spiro atoms. The maximum atomic E-state index is 10.4. The lowest BCUT2D eigenvalue weighted by Crippen LogP contribution is -2.93. The predicted molar refractivity (Wildman–Crippen MR) is 116 cm³/mol. The van der Waals surface area contributed by atoms with Crippen molar-refractivity contribution in [2.24, 2.45) is 35.5 Å². The molecule has 0 amide bonds. The second-order valence-corrected chi connectivity index (χ2v) is 10.5. The Hall–Kier alpha value is -1.06. The minimum absolute atomic E-state index is 0.386. The van der Waals surface area contributed by atoms with E-state index in [4.69, 9.17) is 4.74 Å². The van der Waals surface area contributed by atoms with Gasteiger partial charge in [0, 0.05) is 5.92 Å². The second-order valence-electron chi connectivity index (χ2n) is 10.5. The van der Waals surface area contributed by atoms with Gasteiger partial charge in [-0.15, -0.1) is 0 Å². The number of fused-ring (bicyclic) bond motifs is 5. The number of benzene rings is 1. The van der Waals surface area contributed by atoms with Gasteiger partial charge in [-0.1, -0.05) is 37.5 Å². The average Bonchev–Trinajstić information content (AvgIpc) is 3.20. The summed E-state index contributed by atoms with van der Waals surface area (Å²) < 4.78 is 5.74. The Kier molecular flexibility index (Phi) is 6.15. The zero-order valence-electron chi connectivity index (χ0n) is 17.9. The van der Waals surface area contributed by atoms with Crippen LogP contribution in [0.4, 0.5) is 0 Å². The molecule has 0 radical (unpaired) electrons. The number of para-hydroxylation sites is 1. The van der Waals surface area contributed by atoms with E-state index in [-0.39, 0.29) is 6.10 Å². The van der Waals surface area contributed by atoms with Gasteiger partial charge in [-0.05, 0) is 86.7 Å². The minimum Gasteiger partial charge on any atom is -0.491 e. The van der Waals surface area contributed by atoms with Crippen LogP contribution in [-0.2, 0) is 0 Å². The van der Waals surface area contributed by atoms with Crippen molar-refractivity contribution in [3.8, 4) is 5.75 Å². The maximum Gasteiger partial charge on any atom is 0.137 e. The standard InChI is InChI=1S/C26H39NO2/c28-19(17-29-20-7-2-1-3-8-20)16-27-26-15-14-24-23-11-10-18-6-4-5-9-21(18)22(23)12-13-25(24)26/h1-3,7-8,18-19,21-28H,4-6,9-17H2/p+1/t18-,19+,21+,22+,23+,24+,25+,26-/m1/s1. The summed E-state index contributed by atoms with van der Waals surface area (Å²) in [5.74, 6) is 6.96. The molecule has 3 N–H and O–H groups in total. The van der Waals surface area contributed by atoms with Crippen molar-refractivity contribution in [3.63, 3.8) is 0 Å². The number of nitrogens with two attached hydrogens (primary N) is 1. The lowest BCUT2D eigenvalue weighted by atomic mass is 9.53. The molecular weight excluding hydrogens is 358 g/mol. The third-order valence-corrected chi connectivity index (χ3v) is 9.15. The van der Waals surface area contributed by atoms with Gasteiger partial charge in [0.2, 0.25) is 0 Å². The number of ether oxygens (including phenoxy) is 1. The van der Waals surface area contributed by atoms with Crippen LogP contribution < -0.4 is 10.1 Å². The molecule has 0 saturated heterocycles. The molecule has 29 heavy (non-hydrogen) atoms. The molecule has 160 valence electrons. The molecule has 5 rings (SSSR count). The fourth-order valence-corrected chi connectivity index (χ4v) is 7.93. The molecule has 4 saturated carbocycles. The normalized spacial score (nSPS) is 39.8. The Morgan fingerprint density at radius 3 is 2.38 bits per heavy atom. The molecular formula is C26H40NO2+. The highest BCUT2D eigenvalue weighted by Gasteiger charge is 2.52. The van der Waals surface area contributed by atoms with Crippen molar-refractivity contribution in [2.75, 3.05) is 13.2 Å². The third-order valence-electron chi connectivity index (χ3n) is 9.15. The van der Waals surface area contributed by atoms with E-state index in [0.29, 0.717) is 6.61 Å². The molecule has 0 bridgehead atoms. The SMILES string of the molecule is O[C@@H](C[NH2+][C@@H]1CC[C@H]2[C@H]3CC[C@H]4CCCC[C@@H]4[C@@H]3CC[C@@H]21)COc1ccccc1. The monoisotopic (exact) mass is 398 g/mol. The lowest BCUT2D eigenvalue weighted by Gasteiger charge is -2.52. The molecule has 0 aromatic heterocycles. The summed E-state index contributed by atoms with van der Waals surface area (Å²) in [5, 5.41) is 12.9. The quantitative estimate of drug-likeness (QED) is 0.760. The molecule has 1 aromatic carbocycles. The van der Waals surface area contributed by atoms with Crippen LogP contribution in [0, 0.1) is 35.5 Å². The summed E-state index contributed by atoms with van der Waals surface area (Å²) in [6, 6.07) is 10.6. The van der Waals surface area contributed by atoms with E-state index in [1.54, 1.807) is 0 Å². The molecule has 1 aromatic rings. The van der Waals surface area contributed by atoms with Gasteiger partial charge in [-0.2, -0.15) is 0 Å². The van der Waals surface area contributed by atoms with E-state index in [1.165, 1.54) is 64.2 Å². The first-order chi connectivity index (χ1) is 14.3. The van der Waals surface area contributed by atoms with Gasteiger partial charge in [0.15, 0.2) is 0 Å². The minimum atomic E-state index is -0.386. The summed E-state index contributed by atoms with van der Waals surface area (Å²) in [7, 11) is 0. The fraction of sp³-hybridized carbons (Fsp3) is 0.769. The van der Waals surface area contributed by atoms with Gasteiger partial charge in [0.1, 0.15) is 25.0 Å². The molecule has 8 atom stereocenters. The largest absolute Gasteiger partial charge is 0.491 e. The molecule has 0 heterocycles. The number of hydrogen-bond acceptors (Lipinski definition) is 2. The van der Waals surface area contributed by atoms with Crippen molar-refractivity contribution in [1.82, 2.24) is 0 Å². The van der Waals surface area contributed by atoms with Crippen molar-refractivity contribution >= 4 is 0 Å². The van der Waals surface area contributed by atoms with E-state index in [0.717, 1.165) is 53.8 Å². The molecule has 4 aliphatic rings. The van der Waals surface area contributed by atoms with Gasteiger partial charge in [-0.25, -0.2) is 0 Å². The van der Waals surface area contributed by atoms with Crippen LogP contribution in [0.5, 0.6) is 5.75 Å². The van der Waals surface area contributed by atoms with E-state index >= 15 is 0 Å². The van der Waals surface area contributed by atoms with Crippen LogP contribution in [0.2, 0.25) is 0 Å². The number of aliphatic hydroxyl groups is 1. The zero-order chi connectivity index (χ0) is 19.6. The zero-order valence-corrected chi connectivity index (χ0v) is 17.9. The highest BCUT2D eigenvalue weighted by Crippen LogP contribution is 2.57. The fourth-order valence-electron chi connectivity index (χ4n) is 7.93. The highest BCUT2D eigenvalue weighted by atomic mass is 16.5. The van der Waals surface area contributed by atoms with E-state index in [2.05, 4.69) is 5.32 Å². The van der Waals surface area contributed by atoms with Crippen molar-refractivity contribution < 1.29 is 15.2 Å². The Morgan fingerprint density at radius 2 is 1.48 bits per heavy atom. The number of rotatable bonds is 6. The average molecular weight is 399 g/mol. The first-order valence-corrected chi connectivity index (χ1v) is 12.5. The van der Waals surface area contributed by atoms with E-state index in [9.17, 15) is 5.11 Å². The molecule has 3 heteroatoms. The smallest absolute Gasteiger partial charge is 0.137 e. The van der Waals surface area contributed by atoms with Crippen LogP contribution in [-0.4, -0.2) is 30.4 Å². The molecule has 0 aliphatic heterocycles. The Balaban J connectivity index is 1.12. The topological polar surface area (TPSA) is 46.1 Å². The van der Waals surface area contributed by atoms with Gasteiger partial charge < -0.3 is 15.2 Å². The molecule has 4 aliphatic carbocycles. The number of aliphatic hydroxyl groups excluding tert-OH is 1. The summed E-state index contributed by atoms with van der Waals surface area (Å²) in [6.45, 7) is 1.18. The third kappa shape index (κ3) is 4.23. The van der Waals surface area contributed by atoms with Crippen LogP contribution in [0.15, 0.2) is 30.3 Å². The highest BCUT2D eigenvalue weighted by molar-refractivity contribution is 5.20. The first kappa shape index (κ1) is 19.9. The van der Waals surface area contributed by atoms with Crippen LogP contribution >= 0.6 is 0 Å². The van der Waals surface area contributed by atoms with Gasteiger partial charge in [0.25, 0.3) is 0 Å². The predicted octanol–water partition coefficient (Wildman–Crippen LogP) is 4.01. The number of hydrogen-bond donors (Lipinski definition) is 2. The van der Waals surface area contributed by atoms with E-state index in [1.807, 2.05) is 30.3 Å². The van der Waals surface area contributed by atoms with Crippen molar-refractivity contribution in [2.45, 2.75) is 76.4 Å². The molecule has 4 fully saturated rings. The molecule has 3 nitrogen and oxygen atoms in total. The summed E-state index contributed by atoms with van der Waals surface area (Å²) in [6.07, 6.45) is 14.5. The summed E-state index contributed by atoms with van der Waals surface area (Å²) in [5.41, 5.74) is 0. The second kappa shape index (κ2) is 8.98. The van der Waals surface area contributed by atoms with Gasteiger partial charge >= 0.3 is 0 Å². The van der Waals surface area contributed by atoms with Gasteiger partial charge in [-0.3, -0.25) is 0 Å². The van der Waals surface area contributed by atoms with Gasteiger partial charge in [0.05, 0.1) is 6.04 Å². The molecule has 0 unspecified atom stereocenters. The van der Waals surface area contributed by atoms with Crippen LogP contribution in [0.25, 0.3) is 0 Å². The van der Waals surface area contributed by atoms with Crippen LogP contribution in [0.1, 0.15) is 64.2 Å².